The van der Waals surface area contributed by atoms with Gasteiger partial charge < -0.3 is 10.4 Å². The summed E-state index contributed by atoms with van der Waals surface area (Å²) in [5.41, 5.74) is -0.353. The molecule has 1 heterocycles. The molecule has 1 aliphatic heterocycles. The Bertz CT molecular complexity index is 604. The number of β-amino-alcohol motifs (C(OH)–C–C–N with tert-alkyl or cyclic N) is 1. The Morgan fingerprint density at radius 1 is 1.35 bits per heavy atom. The maximum absolute atomic E-state index is 12.3. The molecule has 0 atom stereocenters. The van der Waals surface area contributed by atoms with E-state index in [9.17, 15) is 18.3 Å². The molecule has 6 nitrogen and oxygen atoms in total. The Morgan fingerprint density at radius 2 is 1.90 bits per heavy atom. The SMILES string of the molecule is CCC1(O)CN(S(=O)(=O)c2ccc(NC(C)=O)cc2)C1. The summed E-state index contributed by atoms with van der Waals surface area (Å²) in [6.45, 7) is 3.46. The van der Waals surface area contributed by atoms with Gasteiger partial charge in [0.2, 0.25) is 15.9 Å². The molecule has 1 saturated heterocycles. The molecule has 2 rings (SSSR count). The van der Waals surface area contributed by atoms with Crippen LogP contribution in [0.5, 0.6) is 0 Å². The standard InChI is InChI=1S/C13H18N2O4S/c1-3-13(17)8-15(9-13)20(18,19)12-6-4-11(5-7-12)14-10(2)16/h4-7,17H,3,8-9H2,1-2H3,(H,14,16). The number of anilines is 1. The van der Waals surface area contributed by atoms with Crippen LogP contribution in [-0.2, 0) is 14.8 Å². The van der Waals surface area contributed by atoms with E-state index in [0.29, 0.717) is 12.1 Å². The molecule has 0 saturated carbocycles. The van der Waals surface area contributed by atoms with Crippen LogP contribution in [0.15, 0.2) is 29.2 Å². The number of carbonyl (C=O) groups is 1. The number of amides is 1. The fourth-order valence-corrected chi connectivity index (χ4v) is 3.67. The smallest absolute Gasteiger partial charge is 0.243 e. The average Bonchev–Trinajstić information content (AvgIpc) is 2.35. The molecule has 7 heteroatoms. The highest BCUT2D eigenvalue weighted by atomic mass is 32.2. The van der Waals surface area contributed by atoms with Crippen LogP contribution < -0.4 is 5.32 Å². The predicted octanol–water partition coefficient (Wildman–Crippen LogP) is 0.790. The highest BCUT2D eigenvalue weighted by Crippen LogP contribution is 2.30. The second-order valence-electron chi connectivity index (χ2n) is 5.06. The van der Waals surface area contributed by atoms with E-state index in [4.69, 9.17) is 0 Å². The fourth-order valence-electron chi connectivity index (χ4n) is 2.07. The average molecular weight is 298 g/mol. The van der Waals surface area contributed by atoms with Crippen LogP contribution in [0.3, 0.4) is 0 Å². The molecule has 0 aliphatic carbocycles. The van der Waals surface area contributed by atoms with Gasteiger partial charge in [0.25, 0.3) is 0 Å². The summed E-state index contributed by atoms with van der Waals surface area (Å²) in [4.78, 5) is 11.1. The van der Waals surface area contributed by atoms with Gasteiger partial charge in [-0.3, -0.25) is 4.79 Å². The molecule has 0 spiro atoms. The van der Waals surface area contributed by atoms with Crippen molar-refractivity contribution in [2.75, 3.05) is 18.4 Å². The second kappa shape index (κ2) is 5.16. The first kappa shape index (κ1) is 15.0. The first-order chi connectivity index (χ1) is 9.27. The molecule has 0 bridgehead atoms. The molecule has 1 amide bonds. The molecule has 0 unspecified atom stereocenters. The molecule has 1 aromatic carbocycles. The zero-order chi connectivity index (χ0) is 15.0. The second-order valence-corrected chi connectivity index (χ2v) is 6.99. The maximum Gasteiger partial charge on any atom is 0.243 e. The molecule has 1 aliphatic rings. The largest absolute Gasteiger partial charge is 0.387 e. The summed E-state index contributed by atoms with van der Waals surface area (Å²) < 4.78 is 25.8. The van der Waals surface area contributed by atoms with Crippen molar-refractivity contribution in [3.05, 3.63) is 24.3 Å². The summed E-state index contributed by atoms with van der Waals surface area (Å²) >= 11 is 0. The van der Waals surface area contributed by atoms with Gasteiger partial charge >= 0.3 is 0 Å². The molecule has 2 N–H and O–H groups in total. The van der Waals surface area contributed by atoms with Crippen LogP contribution in [-0.4, -0.2) is 42.4 Å². The third-order valence-electron chi connectivity index (χ3n) is 3.41. The monoisotopic (exact) mass is 298 g/mol. The Morgan fingerprint density at radius 3 is 2.35 bits per heavy atom. The van der Waals surface area contributed by atoms with E-state index in [0.717, 1.165) is 0 Å². The zero-order valence-electron chi connectivity index (χ0n) is 11.5. The number of nitrogens with one attached hydrogen (secondary N) is 1. The van der Waals surface area contributed by atoms with Gasteiger partial charge in [0.15, 0.2) is 0 Å². The van der Waals surface area contributed by atoms with Crippen LogP contribution in [0.1, 0.15) is 20.3 Å². The van der Waals surface area contributed by atoms with Gasteiger partial charge in [-0.2, -0.15) is 4.31 Å². The number of nitrogens with zero attached hydrogens (tertiary/aromatic N) is 1. The van der Waals surface area contributed by atoms with E-state index in [1.54, 1.807) is 12.1 Å². The highest BCUT2D eigenvalue weighted by molar-refractivity contribution is 7.89. The first-order valence-electron chi connectivity index (χ1n) is 6.37. The minimum absolute atomic E-state index is 0.124. The number of carbonyl (C=O) groups excluding carboxylic acids is 1. The minimum Gasteiger partial charge on any atom is -0.387 e. The summed E-state index contributed by atoms with van der Waals surface area (Å²) in [5.74, 6) is -0.212. The highest BCUT2D eigenvalue weighted by Gasteiger charge is 2.45. The molecule has 0 radical (unpaired) electrons. The Labute approximate surface area is 118 Å². The van der Waals surface area contributed by atoms with Crippen molar-refractivity contribution in [3.63, 3.8) is 0 Å². The number of aliphatic hydroxyl groups is 1. The lowest BCUT2D eigenvalue weighted by atomic mass is 9.94. The normalized spacial score (nSPS) is 18.4. The van der Waals surface area contributed by atoms with Crippen LogP contribution in [0.2, 0.25) is 0 Å². The topological polar surface area (TPSA) is 86.7 Å². The molecule has 1 aromatic rings. The number of sulfonamides is 1. The van der Waals surface area contributed by atoms with Crippen molar-refractivity contribution >= 4 is 21.6 Å². The summed E-state index contributed by atoms with van der Waals surface area (Å²) in [7, 11) is -3.57. The minimum atomic E-state index is -3.57. The molecular weight excluding hydrogens is 280 g/mol. The van der Waals surface area contributed by atoms with Crippen molar-refractivity contribution in [1.29, 1.82) is 0 Å². The van der Waals surface area contributed by atoms with Crippen molar-refractivity contribution in [1.82, 2.24) is 4.31 Å². The Balaban J connectivity index is 2.13. The molecule has 110 valence electrons. The van der Waals surface area contributed by atoms with Gasteiger partial charge in [0, 0.05) is 25.7 Å². The lowest BCUT2D eigenvalue weighted by molar-refractivity contribution is -0.114. The first-order valence-corrected chi connectivity index (χ1v) is 7.81. The lowest BCUT2D eigenvalue weighted by Gasteiger charge is -2.44. The van der Waals surface area contributed by atoms with Crippen LogP contribution in [0.25, 0.3) is 0 Å². The third-order valence-corrected chi connectivity index (χ3v) is 5.22. The van der Waals surface area contributed by atoms with Crippen LogP contribution >= 0.6 is 0 Å². The molecular formula is C13H18N2O4S. The number of hydrogen-bond acceptors (Lipinski definition) is 4. The van der Waals surface area contributed by atoms with E-state index in [2.05, 4.69) is 5.32 Å². The number of hydrogen-bond donors (Lipinski definition) is 2. The summed E-state index contributed by atoms with van der Waals surface area (Å²) in [6.07, 6.45) is 0.528. The Hall–Kier alpha value is -1.44. The van der Waals surface area contributed by atoms with Crippen molar-refractivity contribution in [3.8, 4) is 0 Å². The lowest BCUT2D eigenvalue weighted by Crippen LogP contribution is -2.62. The van der Waals surface area contributed by atoms with E-state index >= 15 is 0 Å². The van der Waals surface area contributed by atoms with Gasteiger partial charge in [0.1, 0.15) is 0 Å². The Kier molecular flexibility index (Phi) is 3.86. The van der Waals surface area contributed by atoms with Crippen LogP contribution in [0, 0.1) is 0 Å². The van der Waals surface area contributed by atoms with Crippen molar-refractivity contribution in [2.45, 2.75) is 30.8 Å². The van der Waals surface area contributed by atoms with Crippen molar-refractivity contribution < 1.29 is 18.3 Å². The summed E-state index contributed by atoms with van der Waals surface area (Å²) in [6, 6.07) is 5.98. The van der Waals surface area contributed by atoms with Gasteiger partial charge in [-0.15, -0.1) is 0 Å². The third kappa shape index (κ3) is 2.84. The predicted molar refractivity (Wildman–Crippen MR) is 74.7 cm³/mol. The number of rotatable bonds is 4. The molecule has 0 aromatic heterocycles. The number of benzene rings is 1. The quantitative estimate of drug-likeness (QED) is 0.860. The van der Waals surface area contributed by atoms with E-state index in [-0.39, 0.29) is 23.9 Å². The zero-order valence-corrected chi connectivity index (χ0v) is 12.3. The molecule has 20 heavy (non-hydrogen) atoms. The summed E-state index contributed by atoms with van der Waals surface area (Å²) in [5, 5.41) is 12.5. The van der Waals surface area contributed by atoms with E-state index < -0.39 is 15.6 Å². The van der Waals surface area contributed by atoms with Crippen LogP contribution in [0.4, 0.5) is 5.69 Å². The molecule has 1 fully saturated rings. The van der Waals surface area contributed by atoms with E-state index in [1.807, 2.05) is 6.92 Å². The van der Waals surface area contributed by atoms with E-state index in [1.165, 1.54) is 23.4 Å². The van der Waals surface area contributed by atoms with Gasteiger partial charge in [-0.25, -0.2) is 8.42 Å². The van der Waals surface area contributed by atoms with Crippen molar-refractivity contribution in [2.24, 2.45) is 0 Å². The fraction of sp³-hybridized carbons (Fsp3) is 0.462. The maximum atomic E-state index is 12.3. The van der Waals surface area contributed by atoms with Gasteiger partial charge in [-0.05, 0) is 30.7 Å². The van der Waals surface area contributed by atoms with Gasteiger partial charge in [0.05, 0.1) is 10.5 Å². The van der Waals surface area contributed by atoms with Gasteiger partial charge in [-0.1, -0.05) is 6.92 Å².